The van der Waals surface area contributed by atoms with Crippen molar-refractivity contribution >= 4 is 0 Å². The molecule has 1 aliphatic heterocycles. The molecule has 2 N–H and O–H groups in total. The van der Waals surface area contributed by atoms with Gasteiger partial charge in [-0.05, 0) is 6.07 Å². The molecule has 1 unspecified atom stereocenters. The molecule has 1 saturated heterocycles. The Bertz CT molecular complexity index is 250. The Morgan fingerprint density at radius 3 is 2.55 bits per heavy atom. The first kappa shape index (κ1) is 8.75. The van der Waals surface area contributed by atoms with E-state index in [0.717, 1.165) is 5.56 Å². The van der Waals surface area contributed by atoms with Crippen LogP contribution in [0.15, 0.2) is 24.3 Å². The van der Waals surface area contributed by atoms with Crippen molar-refractivity contribution in [1.29, 1.82) is 0 Å². The first-order valence-electron chi connectivity index (χ1n) is 3.07. The molecular formula is C7H7NO2Ti. The van der Waals surface area contributed by atoms with Gasteiger partial charge in [-0.1, -0.05) is 18.2 Å². The van der Waals surface area contributed by atoms with E-state index in [1.807, 2.05) is 12.1 Å². The van der Waals surface area contributed by atoms with E-state index in [4.69, 9.17) is 4.84 Å². The number of aromatic hydroxyl groups is 1. The van der Waals surface area contributed by atoms with Crippen molar-refractivity contribution in [3.8, 4) is 5.75 Å². The van der Waals surface area contributed by atoms with Gasteiger partial charge in [0.15, 0.2) is 6.23 Å². The largest absolute Gasteiger partial charge is 0.508 e. The molecule has 0 radical (unpaired) electrons. The number of benzene rings is 1. The number of hydrogen-bond acceptors (Lipinski definition) is 3. The average Bonchev–Trinajstić information content (AvgIpc) is 2.71. The van der Waals surface area contributed by atoms with Crippen LogP contribution >= 0.6 is 0 Å². The summed E-state index contributed by atoms with van der Waals surface area (Å²) in [7, 11) is 0. The van der Waals surface area contributed by atoms with Crippen molar-refractivity contribution in [2.75, 3.05) is 0 Å². The molecule has 2 rings (SSSR count). The Morgan fingerprint density at radius 1 is 1.36 bits per heavy atom. The van der Waals surface area contributed by atoms with Crippen LogP contribution < -0.4 is 5.48 Å². The molecule has 1 aliphatic rings. The van der Waals surface area contributed by atoms with Gasteiger partial charge in [-0.15, -0.1) is 0 Å². The van der Waals surface area contributed by atoms with Gasteiger partial charge in [0.25, 0.3) is 0 Å². The monoisotopic (exact) mass is 185 g/mol. The summed E-state index contributed by atoms with van der Waals surface area (Å²) in [5, 5.41) is 9.20. The van der Waals surface area contributed by atoms with E-state index in [1.54, 1.807) is 12.1 Å². The van der Waals surface area contributed by atoms with Crippen LogP contribution in [0.4, 0.5) is 0 Å². The van der Waals surface area contributed by atoms with Gasteiger partial charge in [0.2, 0.25) is 0 Å². The second-order valence-corrected chi connectivity index (χ2v) is 2.17. The molecule has 0 amide bonds. The van der Waals surface area contributed by atoms with Crippen molar-refractivity contribution in [2.24, 2.45) is 0 Å². The minimum atomic E-state index is -0.0961. The number of rotatable bonds is 1. The summed E-state index contributed by atoms with van der Waals surface area (Å²) < 4.78 is 0. The summed E-state index contributed by atoms with van der Waals surface area (Å²) in [5.41, 5.74) is 3.43. The molecule has 1 aromatic rings. The molecule has 4 heteroatoms. The maximum Gasteiger partial charge on any atom is 0.180 e. The van der Waals surface area contributed by atoms with Crippen molar-refractivity contribution in [1.82, 2.24) is 5.48 Å². The van der Waals surface area contributed by atoms with Crippen LogP contribution in [-0.4, -0.2) is 5.11 Å². The fourth-order valence-electron chi connectivity index (χ4n) is 0.870. The van der Waals surface area contributed by atoms with Gasteiger partial charge in [-0.25, -0.2) is 0 Å². The van der Waals surface area contributed by atoms with Crippen LogP contribution in [0.3, 0.4) is 0 Å². The molecule has 0 spiro atoms. The van der Waals surface area contributed by atoms with Crippen LogP contribution in [0.2, 0.25) is 0 Å². The average molecular weight is 185 g/mol. The third kappa shape index (κ3) is 1.81. The Balaban J connectivity index is 0.000000605. The van der Waals surface area contributed by atoms with E-state index in [1.165, 1.54) is 0 Å². The molecule has 3 nitrogen and oxygen atoms in total. The van der Waals surface area contributed by atoms with E-state index in [9.17, 15) is 5.11 Å². The van der Waals surface area contributed by atoms with Gasteiger partial charge in [-0.3, -0.25) is 4.84 Å². The van der Waals surface area contributed by atoms with Crippen molar-refractivity contribution in [3.05, 3.63) is 29.8 Å². The van der Waals surface area contributed by atoms with Gasteiger partial charge in [0.05, 0.1) is 0 Å². The summed E-state index contributed by atoms with van der Waals surface area (Å²) in [6, 6.07) is 7.10. The van der Waals surface area contributed by atoms with Crippen LogP contribution in [0.5, 0.6) is 5.75 Å². The minimum absolute atomic E-state index is 0. The molecule has 0 bridgehead atoms. The Morgan fingerprint density at radius 2 is 2.00 bits per heavy atom. The van der Waals surface area contributed by atoms with Gasteiger partial charge < -0.3 is 5.11 Å². The molecule has 11 heavy (non-hydrogen) atoms. The minimum Gasteiger partial charge on any atom is -0.508 e. The third-order valence-electron chi connectivity index (χ3n) is 1.45. The van der Waals surface area contributed by atoms with E-state index < -0.39 is 0 Å². The van der Waals surface area contributed by atoms with E-state index in [2.05, 4.69) is 5.48 Å². The van der Waals surface area contributed by atoms with Crippen molar-refractivity contribution in [2.45, 2.75) is 6.23 Å². The Kier molecular flexibility index (Phi) is 2.68. The van der Waals surface area contributed by atoms with E-state index in [0.29, 0.717) is 0 Å². The molecule has 0 aromatic heterocycles. The molecule has 1 heterocycles. The third-order valence-corrected chi connectivity index (χ3v) is 1.45. The summed E-state index contributed by atoms with van der Waals surface area (Å²) in [6.07, 6.45) is -0.0961. The second-order valence-electron chi connectivity index (χ2n) is 2.17. The van der Waals surface area contributed by atoms with Gasteiger partial charge in [0.1, 0.15) is 5.75 Å². The molecular weight excluding hydrogens is 178 g/mol. The zero-order valence-corrected chi connectivity index (χ0v) is 7.30. The predicted octanol–water partition coefficient (Wildman–Crippen LogP) is 0.923. The van der Waals surface area contributed by atoms with E-state index in [-0.39, 0.29) is 33.7 Å². The maximum absolute atomic E-state index is 9.20. The molecule has 56 valence electrons. The van der Waals surface area contributed by atoms with Crippen LogP contribution in [0.25, 0.3) is 0 Å². The summed E-state index contributed by atoms with van der Waals surface area (Å²) in [5.74, 6) is 0.275. The first-order valence-corrected chi connectivity index (χ1v) is 3.07. The van der Waals surface area contributed by atoms with E-state index >= 15 is 0 Å². The van der Waals surface area contributed by atoms with Crippen molar-refractivity contribution < 1.29 is 31.7 Å². The topological polar surface area (TPSA) is 54.7 Å². The Labute approximate surface area is 79.2 Å². The normalized spacial score (nSPS) is 20.5. The van der Waals surface area contributed by atoms with Crippen molar-refractivity contribution in [3.63, 3.8) is 0 Å². The number of hydrogen-bond donors (Lipinski definition) is 2. The number of para-hydroxylation sites is 1. The fraction of sp³-hybridized carbons (Fsp3) is 0.143. The molecule has 0 aliphatic carbocycles. The molecule has 1 atom stereocenters. The van der Waals surface area contributed by atoms with Crippen LogP contribution in [0.1, 0.15) is 11.8 Å². The number of hydroxylamine groups is 1. The predicted molar refractivity (Wildman–Crippen MR) is 35.1 cm³/mol. The number of phenolic OH excluding ortho intramolecular Hbond substituents is 1. The van der Waals surface area contributed by atoms with Gasteiger partial charge >= 0.3 is 0 Å². The standard InChI is InChI=1S/C7H7NO2.Ti/c9-6-4-2-1-3-5(6)7-8-10-7;/h1-4,7-9H;. The quantitative estimate of drug-likeness (QED) is 0.505. The SMILES string of the molecule is Oc1ccccc1C1NO1.[Ti]. The van der Waals surface area contributed by atoms with Gasteiger partial charge in [-0.2, -0.15) is 5.48 Å². The summed E-state index contributed by atoms with van der Waals surface area (Å²) in [6.45, 7) is 0. The van der Waals surface area contributed by atoms with Crippen LogP contribution in [-0.2, 0) is 26.6 Å². The second kappa shape index (κ2) is 3.37. The molecule has 1 fully saturated rings. The molecule has 0 saturated carbocycles. The fourth-order valence-corrected chi connectivity index (χ4v) is 0.870. The smallest absolute Gasteiger partial charge is 0.180 e. The summed E-state index contributed by atoms with van der Waals surface area (Å²) >= 11 is 0. The maximum atomic E-state index is 9.20. The van der Waals surface area contributed by atoms with Crippen LogP contribution in [0, 0.1) is 0 Å². The number of nitrogens with one attached hydrogen (secondary N) is 1. The Hall–Kier alpha value is -0.346. The number of phenols is 1. The van der Waals surface area contributed by atoms with Gasteiger partial charge in [0, 0.05) is 27.3 Å². The summed E-state index contributed by atoms with van der Waals surface area (Å²) in [4.78, 5) is 4.77. The molecule has 1 aromatic carbocycles. The first-order chi connectivity index (χ1) is 4.88. The zero-order valence-electron chi connectivity index (χ0n) is 5.74. The zero-order chi connectivity index (χ0) is 6.97.